The van der Waals surface area contributed by atoms with Crippen molar-refractivity contribution in [3.8, 4) is 5.82 Å². The van der Waals surface area contributed by atoms with Crippen LogP contribution in [-0.4, -0.2) is 56.4 Å². The van der Waals surface area contributed by atoms with Crippen molar-refractivity contribution in [2.24, 2.45) is 11.0 Å². The van der Waals surface area contributed by atoms with E-state index in [2.05, 4.69) is 35.8 Å². The van der Waals surface area contributed by atoms with Crippen LogP contribution in [0.2, 0.25) is 0 Å². The zero-order chi connectivity index (χ0) is 18.5. The second kappa shape index (κ2) is 8.04. The predicted octanol–water partition coefficient (Wildman–Crippen LogP) is 0.590. The van der Waals surface area contributed by atoms with Gasteiger partial charge in [-0.3, -0.25) is 4.79 Å². The van der Waals surface area contributed by atoms with Gasteiger partial charge in [-0.15, -0.1) is 5.10 Å². The summed E-state index contributed by atoms with van der Waals surface area (Å²) in [5, 5.41) is 19.3. The minimum absolute atomic E-state index is 0.0668. The summed E-state index contributed by atoms with van der Waals surface area (Å²) in [6.07, 6.45) is 7.72. The van der Waals surface area contributed by atoms with E-state index in [0.717, 1.165) is 12.8 Å². The van der Waals surface area contributed by atoms with Crippen molar-refractivity contribution in [3.05, 3.63) is 11.4 Å². The number of hydrazone groups is 1. The Morgan fingerprint density at radius 2 is 2.15 bits per heavy atom. The van der Waals surface area contributed by atoms with Gasteiger partial charge in [0, 0.05) is 12.8 Å². The second-order valence-corrected chi connectivity index (χ2v) is 6.62. The standard InChI is InChI=1S/C15H23N9O2/c1-23(2)9-11-12(18-22-24(11)14-13(16)20-26-21-14)15(25)19-17-8-10-6-4-3-5-7-10/h8,10H,3-7,9H2,1-2H3,(H2,16,20)(H,19,25). The molecule has 0 radical (unpaired) electrons. The number of anilines is 1. The van der Waals surface area contributed by atoms with Crippen molar-refractivity contribution < 1.29 is 9.42 Å². The summed E-state index contributed by atoms with van der Waals surface area (Å²) >= 11 is 0. The van der Waals surface area contributed by atoms with Crippen LogP contribution in [0.3, 0.4) is 0 Å². The van der Waals surface area contributed by atoms with E-state index in [1.54, 1.807) is 0 Å². The first-order valence-electron chi connectivity index (χ1n) is 8.57. The first-order valence-corrected chi connectivity index (χ1v) is 8.57. The number of nitrogen functional groups attached to an aromatic ring is 1. The summed E-state index contributed by atoms with van der Waals surface area (Å²) in [6.45, 7) is 0.397. The van der Waals surface area contributed by atoms with Gasteiger partial charge in [0.2, 0.25) is 11.6 Å². The van der Waals surface area contributed by atoms with Crippen molar-refractivity contribution in [3.63, 3.8) is 0 Å². The molecule has 2 heterocycles. The van der Waals surface area contributed by atoms with E-state index in [-0.39, 0.29) is 17.3 Å². The average Bonchev–Trinajstić information content (AvgIpc) is 3.21. The van der Waals surface area contributed by atoms with Gasteiger partial charge in [0.15, 0.2) is 5.69 Å². The fraction of sp³-hybridized carbons (Fsp3) is 0.600. The van der Waals surface area contributed by atoms with Gasteiger partial charge < -0.3 is 10.6 Å². The van der Waals surface area contributed by atoms with Gasteiger partial charge in [-0.25, -0.2) is 10.1 Å². The van der Waals surface area contributed by atoms with Gasteiger partial charge in [0.05, 0.1) is 5.69 Å². The molecule has 1 aliphatic rings. The second-order valence-electron chi connectivity index (χ2n) is 6.62. The molecule has 3 N–H and O–H groups in total. The summed E-state index contributed by atoms with van der Waals surface area (Å²) in [7, 11) is 3.73. The molecule has 0 aromatic carbocycles. The largest absolute Gasteiger partial charge is 0.378 e. The summed E-state index contributed by atoms with van der Waals surface area (Å²) in [6, 6.07) is 0. The maximum Gasteiger partial charge on any atom is 0.293 e. The van der Waals surface area contributed by atoms with E-state index in [4.69, 9.17) is 5.73 Å². The normalized spacial score (nSPS) is 15.8. The number of hydrogen-bond acceptors (Lipinski definition) is 9. The molecule has 11 nitrogen and oxygen atoms in total. The van der Waals surface area contributed by atoms with Gasteiger partial charge in [0.1, 0.15) is 0 Å². The molecule has 26 heavy (non-hydrogen) atoms. The molecule has 0 saturated heterocycles. The maximum atomic E-state index is 12.5. The highest BCUT2D eigenvalue weighted by Crippen LogP contribution is 2.21. The lowest BCUT2D eigenvalue weighted by Crippen LogP contribution is -2.23. The topological polar surface area (TPSA) is 140 Å². The number of carbonyl (C=O) groups excluding carboxylic acids is 1. The van der Waals surface area contributed by atoms with Crippen molar-refractivity contribution in [1.82, 2.24) is 35.6 Å². The van der Waals surface area contributed by atoms with E-state index in [1.165, 1.54) is 23.9 Å². The number of rotatable bonds is 6. The molecule has 0 spiro atoms. The molecule has 0 atom stereocenters. The van der Waals surface area contributed by atoms with E-state index in [1.807, 2.05) is 25.2 Å². The number of aromatic nitrogens is 5. The minimum atomic E-state index is -0.435. The fourth-order valence-corrected chi connectivity index (χ4v) is 2.96. The molecule has 1 fully saturated rings. The number of carbonyl (C=O) groups is 1. The van der Waals surface area contributed by atoms with Crippen molar-refractivity contribution in [2.45, 2.75) is 38.6 Å². The lowest BCUT2D eigenvalue weighted by molar-refractivity contribution is 0.0948. The van der Waals surface area contributed by atoms with E-state index in [0.29, 0.717) is 18.2 Å². The molecule has 1 amide bonds. The van der Waals surface area contributed by atoms with Crippen LogP contribution >= 0.6 is 0 Å². The summed E-state index contributed by atoms with van der Waals surface area (Å²) in [4.78, 5) is 14.4. The molecule has 2 aromatic rings. The van der Waals surface area contributed by atoms with Crippen LogP contribution < -0.4 is 11.2 Å². The van der Waals surface area contributed by atoms with Crippen LogP contribution in [0.5, 0.6) is 0 Å². The van der Waals surface area contributed by atoms with Crippen LogP contribution in [0.1, 0.15) is 48.3 Å². The molecule has 0 unspecified atom stereocenters. The Labute approximate surface area is 150 Å². The Morgan fingerprint density at radius 3 is 2.81 bits per heavy atom. The van der Waals surface area contributed by atoms with E-state index >= 15 is 0 Å². The third-order valence-corrected chi connectivity index (χ3v) is 4.24. The zero-order valence-electron chi connectivity index (χ0n) is 14.9. The molecule has 0 aliphatic heterocycles. The quantitative estimate of drug-likeness (QED) is 0.562. The molecular formula is C15H23N9O2. The Kier molecular flexibility index (Phi) is 5.56. The van der Waals surface area contributed by atoms with Gasteiger partial charge in [-0.1, -0.05) is 24.5 Å². The number of nitrogens with two attached hydrogens (primary N) is 1. The van der Waals surface area contributed by atoms with Crippen molar-refractivity contribution in [2.75, 3.05) is 19.8 Å². The van der Waals surface area contributed by atoms with Crippen LogP contribution in [0, 0.1) is 5.92 Å². The highest BCUT2D eigenvalue weighted by Gasteiger charge is 2.24. The van der Waals surface area contributed by atoms with Gasteiger partial charge >= 0.3 is 0 Å². The number of amides is 1. The van der Waals surface area contributed by atoms with Gasteiger partial charge in [-0.05, 0) is 43.2 Å². The van der Waals surface area contributed by atoms with Crippen LogP contribution in [0.15, 0.2) is 9.73 Å². The highest BCUT2D eigenvalue weighted by atomic mass is 16.6. The summed E-state index contributed by atoms with van der Waals surface area (Å²) in [5.74, 6) is 0.244. The lowest BCUT2D eigenvalue weighted by Gasteiger charge is -2.16. The maximum absolute atomic E-state index is 12.5. The Hall–Kier alpha value is -2.82. The average molecular weight is 361 g/mol. The van der Waals surface area contributed by atoms with Crippen LogP contribution in [-0.2, 0) is 6.54 Å². The first-order chi connectivity index (χ1) is 12.6. The zero-order valence-corrected chi connectivity index (χ0v) is 14.9. The molecule has 11 heteroatoms. The third kappa shape index (κ3) is 4.04. The minimum Gasteiger partial charge on any atom is -0.378 e. The van der Waals surface area contributed by atoms with Crippen LogP contribution in [0.4, 0.5) is 5.82 Å². The lowest BCUT2D eigenvalue weighted by atomic mass is 9.90. The number of nitrogens with zero attached hydrogens (tertiary/aromatic N) is 7. The van der Waals surface area contributed by atoms with Gasteiger partial charge in [-0.2, -0.15) is 9.78 Å². The summed E-state index contributed by atoms with van der Waals surface area (Å²) < 4.78 is 5.96. The Morgan fingerprint density at radius 1 is 1.38 bits per heavy atom. The summed E-state index contributed by atoms with van der Waals surface area (Å²) in [5.41, 5.74) is 8.94. The molecule has 140 valence electrons. The van der Waals surface area contributed by atoms with Crippen molar-refractivity contribution in [1.29, 1.82) is 0 Å². The molecule has 1 aliphatic carbocycles. The van der Waals surface area contributed by atoms with Crippen molar-refractivity contribution >= 4 is 17.9 Å². The molecule has 3 rings (SSSR count). The Balaban J connectivity index is 1.77. The molecule has 0 bridgehead atoms. The van der Waals surface area contributed by atoms with Gasteiger partial charge in [0.25, 0.3) is 5.91 Å². The number of nitrogens with one attached hydrogen (secondary N) is 1. The monoisotopic (exact) mass is 361 g/mol. The predicted molar refractivity (Wildman–Crippen MR) is 93.6 cm³/mol. The third-order valence-electron chi connectivity index (χ3n) is 4.24. The van der Waals surface area contributed by atoms with E-state index < -0.39 is 5.91 Å². The SMILES string of the molecule is CN(C)Cc1c(C(=O)NN=CC2CCCCC2)nnn1-c1nonc1N. The Bertz CT molecular complexity index is 774. The number of hydrogen-bond donors (Lipinski definition) is 2. The molecule has 1 saturated carbocycles. The molecule has 2 aromatic heterocycles. The van der Waals surface area contributed by atoms with Crippen LogP contribution in [0.25, 0.3) is 5.82 Å². The molecular weight excluding hydrogens is 338 g/mol. The smallest absolute Gasteiger partial charge is 0.293 e. The first kappa shape index (κ1) is 18.0. The van der Waals surface area contributed by atoms with E-state index in [9.17, 15) is 4.79 Å². The fourth-order valence-electron chi connectivity index (χ4n) is 2.96. The highest BCUT2D eigenvalue weighted by molar-refractivity contribution is 5.93.